The topological polar surface area (TPSA) is 76.5 Å². The summed E-state index contributed by atoms with van der Waals surface area (Å²) in [5.41, 5.74) is 1.44. The number of hydrogen-bond acceptors (Lipinski definition) is 4. The Bertz CT molecular complexity index is 1190. The zero-order chi connectivity index (χ0) is 20.6. The van der Waals surface area contributed by atoms with Crippen LogP contribution in [-0.2, 0) is 14.8 Å². The van der Waals surface area contributed by atoms with Gasteiger partial charge in [-0.2, -0.15) is 0 Å². The molecule has 0 N–H and O–H groups in total. The molecule has 1 aromatic heterocycles. The van der Waals surface area contributed by atoms with Gasteiger partial charge < -0.3 is 4.90 Å². The van der Waals surface area contributed by atoms with Crippen LogP contribution >= 0.6 is 0 Å². The van der Waals surface area contributed by atoms with Crippen molar-refractivity contribution in [2.45, 2.75) is 31.1 Å². The first-order valence-corrected chi connectivity index (χ1v) is 11.1. The normalized spacial score (nSPS) is 14.9. The SMILES string of the molecule is Cc1ccc(S(=O)(=O)n2cc(C(=O)C(=O)N3CCCCC3)c3ccccc32)cc1. The van der Waals surface area contributed by atoms with E-state index in [4.69, 9.17) is 0 Å². The first kappa shape index (κ1) is 19.4. The summed E-state index contributed by atoms with van der Waals surface area (Å²) in [7, 11) is -3.91. The van der Waals surface area contributed by atoms with Gasteiger partial charge in [-0.05, 0) is 44.4 Å². The number of hydrogen-bond donors (Lipinski definition) is 0. The van der Waals surface area contributed by atoms with Gasteiger partial charge in [-0.15, -0.1) is 0 Å². The van der Waals surface area contributed by atoms with Crippen molar-refractivity contribution < 1.29 is 18.0 Å². The lowest BCUT2D eigenvalue weighted by atomic mass is 10.1. The Hall–Kier alpha value is -2.93. The molecule has 0 radical (unpaired) electrons. The molecule has 1 fully saturated rings. The van der Waals surface area contributed by atoms with Gasteiger partial charge in [0.05, 0.1) is 16.0 Å². The summed E-state index contributed by atoms with van der Waals surface area (Å²) in [4.78, 5) is 27.4. The average molecular weight is 410 g/mol. The van der Waals surface area contributed by atoms with E-state index in [0.29, 0.717) is 24.0 Å². The Labute approximate surface area is 169 Å². The van der Waals surface area contributed by atoms with Crippen molar-refractivity contribution in [1.29, 1.82) is 0 Å². The van der Waals surface area contributed by atoms with Crippen LogP contribution in [0.4, 0.5) is 0 Å². The molecule has 2 aromatic carbocycles. The average Bonchev–Trinajstić information content (AvgIpc) is 3.14. The van der Waals surface area contributed by atoms with E-state index in [1.807, 2.05) is 6.92 Å². The van der Waals surface area contributed by atoms with Gasteiger partial charge in [0, 0.05) is 24.7 Å². The fraction of sp³-hybridized carbons (Fsp3) is 0.273. The molecule has 0 atom stereocenters. The molecule has 0 aliphatic carbocycles. The van der Waals surface area contributed by atoms with Gasteiger partial charge in [-0.25, -0.2) is 12.4 Å². The molecule has 1 aliphatic rings. The maximum Gasteiger partial charge on any atom is 0.295 e. The third kappa shape index (κ3) is 3.46. The highest BCUT2D eigenvalue weighted by Gasteiger charge is 2.29. The number of aromatic nitrogens is 1. The molecule has 0 spiro atoms. The van der Waals surface area contributed by atoms with Crippen molar-refractivity contribution in [3.8, 4) is 0 Å². The number of aryl methyl sites for hydroxylation is 1. The van der Waals surface area contributed by atoms with Crippen LogP contribution in [0.15, 0.2) is 59.6 Å². The monoisotopic (exact) mass is 410 g/mol. The van der Waals surface area contributed by atoms with Gasteiger partial charge in [-0.3, -0.25) is 9.59 Å². The van der Waals surface area contributed by atoms with Crippen molar-refractivity contribution in [1.82, 2.24) is 8.87 Å². The molecule has 0 saturated carbocycles. The van der Waals surface area contributed by atoms with Gasteiger partial charge in [-0.1, -0.05) is 35.9 Å². The second kappa shape index (κ2) is 7.48. The summed E-state index contributed by atoms with van der Waals surface area (Å²) in [6.45, 7) is 3.00. The first-order chi connectivity index (χ1) is 13.9. The molecule has 1 aliphatic heterocycles. The van der Waals surface area contributed by atoms with Crippen molar-refractivity contribution in [3.63, 3.8) is 0 Å². The number of piperidine rings is 1. The lowest BCUT2D eigenvalue weighted by Crippen LogP contribution is -2.40. The maximum atomic E-state index is 13.2. The van der Waals surface area contributed by atoms with Crippen LogP contribution in [0.25, 0.3) is 10.9 Å². The summed E-state index contributed by atoms with van der Waals surface area (Å²) >= 11 is 0. The minimum Gasteiger partial charge on any atom is -0.336 e. The number of para-hydroxylation sites is 1. The number of ketones is 1. The number of fused-ring (bicyclic) bond motifs is 1. The van der Waals surface area contributed by atoms with Gasteiger partial charge in [0.25, 0.3) is 21.7 Å². The van der Waals surface area contributed by atoms with Crippen LogP contribution < -0.4 is 0 Å². The number of Topliss-reactive ketones (excluding diaryl/α,β-unsaturated/α-hetero) is 1. The van der Waals surface area contributed by atoms with Crippen molar-refractivity contribution in [2.24, 2.45) is 0 Å². The molecule has 7 heteroatoms. The number of likely N-dealkylation sites (tertiary alicyclic amines) is 1. The van der Waals surface area contributed by atoms with E-state index in [0.717, 1.165) is 28.8 Å². The Kier molecular flexibility index (Phi) is 5.00. The van der Waals surface area contributed by atoms with Crippen molar-refractivity contribution >= 4 is 32.6 Å². The smallest absolute Gasteiger partial charge is 0.295 e. The molecule has 3 aromatic rings. The number of carbonyl (C=O) groups excluding carboxylic acids is 2. The summed E-state index contributed by atoms with van der Waals surface area (Å²) in [5, 5.41) is 0.457. The fourth-order valence-corrected chi connectivity index (χ4v) is 5.08. The maximum absolute atomic E-state index is 13.2. The van der Waals surface area contributed by atoms with E-state index in [-0.39, 0.29) is 10.5 Å². The summed E-state index contributed by atoms with van der Waals surface area (Å²) in [5.74, 6) is -1.23. The number of nitrogens with zero attached hydrogens (tertiary/aromatic N) is 2. The molecule has 2 heterocycles. The van der Waals surface area contributed by atoms with Crippen LogP contribution in [0.5, 0.6) is 0 Å². The summed E-state index contributed by atoms with van der Waals surface area (Å²) in [6, 6.07) is 13.3. The number of rotatable bonds is 4. The minimum atomic E-state index is -3.91. The second-order valence-electron chi connectivity index (χ2n) is 7.36. The molecule has 29 heavy (non-hydrogen) atoms. The molecule has 0 bridgehead atoms. The quantitative estimate of drug-likeness (QED) is 0.488. The van der Waals surface area contributed by atoms with E-state index >= 15 is 0 Å². The molecule has 0 unspecified atom stereocenters. The van der Waals surface area contributed by atoms with Gasteiger partial charge >= 0.3 is 0 Å². The molecule has 1 saturated heterocycles. The van der Waals surface area contributed by atoms with Crippen LogP contribution in [-0.4, -0.2) is 42.1 Å². The minimum absolute atomic E-state index is 0.117. The first-order valence-electron chi connectivity index (χ1n) is 9.65. The van der Waals surface area contributed by atoms with Crippen molar-refractivity contribution in [3.05, 3.63) is 65.9 Å². The van der Waals surface area contributed by atoms with E-state index in [1.54, 1.807) is 53.4 Å². The Morgan fingerprint density at radius 2 is 1.55 bits per heavy atom. The molecule has 1 amide bonds. The van der Waals surface area contributed by atoms with Gasteiger partial charge in [0.2, 0.25) is 0 Å². The van der Waals surface area contributed by atoms with E-state index < -0.39 is 21.7 Å². The highest BCUT2D eigenvalue weighted by Crippen LogP contribution is 2.27. The third-order valence-electron chi connectivity index (χ3n) is 5.34. The predicted octanol–water partition coefficient (Wildman–Crippen LogP) is 3.38. The van der Waals surface area contributed by atoms with Gasteiger partial charge in [0.15, 0.2) is 0 Å². The molecule has 4 rings (SSSR count). The van der Waals surface area contributed by atoms with Gasteiger partial charge in [0.1, 0.15) is 0 Å². The lowest BCUT2D eigenvalue weighted by molar-refractivity contribution is -0.127. The zero-order valence-electron chi connectivity index (χ0n) is 16.2. The lowest BCUT2D eigenvalue weighted by Gasteiger charge is -2.25. The highest BCUT2D eigenvalue weighted by atomic mass is 32.2. The zero-order valence-corrected chi connectivity index (χ0v) is 17.0. The number of amides is 1. The van der Waals surface area contributed by atoms with Crippen LogP contribution in [0.3, 0.4) is 0 Å². The Balaban J connectivity index is 1.80. The van der Waals surface area contributed by atoms with Crippen LogP contribution in [0.1, 0.15) is 35.2 Å². The van der Waals surface area contributed by atoms with Crippen LogP contribution in [0.2, 0.25) is 0 Å². The molecule has 6 nitrogen and oxygen atoms in total. The van der Waals surface area contributed by atoms with E-state index in [1.165, 1.54) is 6.20 Å². The Morgan fingerprint density at radius 3 is 2.24 bits per heavy atom. The molecular formula is C22H22N2O4S. The molecule has 150 valence electrons. The number of benzene rings is 2. The number of carbonyl (C=O) groups is 2. The predicted molar refractivity (Wildman–Crippen MR) is 110 cm³/mol. The van der Waals surface area contributed by atoms with E-state index in [2.05, 4.69) is 0 Å². The largest absolute Gasteiger partial charge is 0.336 e. The van der Waals surface area contributed by atoms with Crippen LogP contribution in [0, 0.1) is 6.92 Å². The highest BCUT2D eigenvalue weighted by molar-refractivity contribution is 7.90. The second-order valence-corrected chi connectivity index (χ2v) is 9.17. The van der Waals surface area contributed by atoms with E-state index in [9.17, 15) is 18.0 Å². The molecular weight excluding hydrogens is 388 g/mol. The fourth-order valence-electron chi connectivity index (χ4n) is 3.71. The standard InChI is InChI=1S/C22H22N2O4S/c1-16-9-11-17(12-10-16)29(27,28)24-15-19(18-7-3-4-8-20(18)24)21(25)22(26)23-13-5-2-6-14-23/h3-4,7-12,15H,2,5-6,13-14H2,1H3. The summed E-state index contributed by atoms with van der Waals surface area (Å²) < 4.78 is 27.5. The van der Waals surface area contributed by atoms with Crippen molar-refractivity contribution in [2.75, 3.05) is 13.1 Å². The third-order valence-corrected chi connectivity index (χ3v) is 7.03. The summed E-state index contributed by atoms with van der Waals surface area (Å²) in [6.07, 6.45) is 4.08. The Morgan fingerprint density at radius 1 is 0.897 bits per heavy atom.